The van der Waals surface area contributed by atoms with Crippen LogP contribution in [0.25, 0.3) is 11.0 Å². The van der Waals surface area contributed by atoms with E-state index in [2.05, 4.69) is 39.4 Å². The molecule has 3 saturated heterocycles. The fourth-order valence-corrected chi connectivity index (χ4v) is 7.71. The minimum atomic E-state index is -1.15. The lowest BCUT2D eigenvalue weighted by Crippen LogP contribution is -2.57. The van der Waals surface area contributed by atoms with Crippen molar-refractivity contribution in [1.29, 1.82) is 0 Å². The number of ether oxygens (including phenoxy) is 1. The minimum Gasteiger partial charge on any atom is -0.396 e. The smallest absolute Gasteiger partial charge is 0.250 e. The lowest BCUT2D eigenvalue weighted by Gasteiger charge is -2.37. The van der Waals surface area contributed by atoms with Crippen molar-refractivity contribution < 1.29 is 24.2 Å². The summed E-state index contributed by atoms with van der Waals surface area (Å²) < 4.78 is 8.28. The highest BCUT2D eigenvalue weighted by Crippen LogP contribution is 2.60. The standard InChI is InChI=1S/C29H37BrN6O5/c1-4-13-33(3)26(38)22-23-27(39)35(15-9-6-10-16-37)25(29(23)17-19(30)24(22)41-29)28(40)34(14-5-2)18-36-21-12-8-7-11-20(21)31-32-36/h4-5,7-8,11-12,19,22-25,37H,1-2,6,9-10,13-18H2,3H3/t19?,22-,23+,24-,25?,29?/m1/s1. The SMILES string of the molecule is C=CCN(C)C(=O)[C@H]1[C@@H]2OC3(CC2Br)C(C(=O)N(CC=C)Cn2nnc4ccccc42)N(CCCCCO)C(=O)[C@H]13. The van der Waals surface area contributed by atoms with E-state index in [0.29, 0.717) is 44.3 Å². The van der Waals surface area contributed by atoms with Crippen molar-refractivity contribution in [2.45, 2.75) is 54.9 Å². The second-order valence-electron chi connectivity index (χ2n) is 11.1. The predicted molar refractivity (Wildman–Crippen MR) is 156 cm³/mol. The van der Waals surface area contributed by atoms with Crippen LogP contribution in [0.5, 0.6) is 0 Å². The maximum atomic E-state index is 14.6. The molecule has 0 saturated carbocycles. The first-order chi connectivity index (χ1) is 19.8. The quantitative estimate of drug-likeness (QED) is 0.204. The largest absolute Gasteiger partial charge is 0.396 e. The van der Waals surface area contributed by atoms with Crippen molar-refractivity contribution in [2.75, 3.05) is 33.3 Å². The number of unbranched alkanes of at least 4 members (excludes halogenated alkanes) is 2. The molecule has 6 atom stereocenters. The number of para-hydroxylation sites is 1. The number of hydrogen-bond donors (Lipinski definition) is 1. The van der Waals surface area contributed by atoms with Gasteiger partial charge in [0, 0.05) is 38.1 Å². The summed E-state index contributed by atoms with van der Waals surface area (Å²) in [5.74, 6) is -2.19. The maximum absolute atomic E-state index is 14.6. The van der Waals surface area contributed by atoms with E-state index in [1.54, 1.807) is 38.6 Å². The Morgan fingerprint density at radius 3 is 2.68 bits per heavy atom. The predicted octanol–water partition coefficient (Wildman–Crippen LogP) is 1.96. The van der Waals surface area contributed by atoms with Gasteiger partial charge < -0.3 is 24.5 Å². The minimum absolute atomic E-state index is 0.0596. The van der Waals surface area contributed by atoms with Crippen LogP contribution in [0.3, 0.4) is 0 Å². The highest BCUT2D eigenvalue weighted by atomic mass is 79.9. The lowest BCUT2D eigenvalue weighted by molar-refractivity contribution is -0.149. The second kappa shape index (κ2) is 12.0. The van der Waals surface area contributed by atoms with Crippen LogP contribution in [0, 0.1) is 11.8 Å². The van der Waals surface area contributed by atoms with Gasteiger partial charge in [-0.1, -0.05) is 45.4 Å². The molecular formula is C29H37BrN6O5. The number of likely N-dealkylation sites (tertiary alicyclic amines) is 1. The Morgan fingerprint density at radius 2 is 1.95 bits per heavy atom. The van der Waals surface area contributed by atoms with Gasteiger partial charge >= 0.3 is 0 Å². The third kappa shape index (κ3) is 4.99. The highest BCUT2D eigenvalue weighted by Gasteiger charge is 2.76. The number of halogens is 1. The molecule has 12 heteroatoms. The first-order valence-corrected chi connectivity index (χ1v) is 15.0. The van der Waals surface area contributed by atoms with Gasteiger partial charge in [-0.3, -0.25) is 14.4 Å². The van der Waals surface area contributed by atoms with E-state index < -0.39 is 29.6 Å². The first-order valence-electron chi connectivity index (χ1n) is 14.1. The number of fused-ring (bicyclic) bond motifs is 2. The molecule has 3 aliphatic heterocycles. The molecule has 2 bridgehead atoms. The van der Waals surface area contributed by atoms with E-state index in [1.807, 2.05) is 24.3 Å². The molecule has 1 N–H and O–H groups in total. The summed E-state index contributed by atoms with van der Waals surface area (Å²) in [6, 6.07) is 6.59. The van der Waals surface area contributed by atoms with Crippen LogP contribution >= 0.6 is 15.9 Å². The normalized spacial score (nSPS) is 28.2. The molecule has 0 aliphatic carbocycles. The third-order valence-electron chi connectivity index (χ3n) is 8.53. The number of benzene rings is 1. The summed E-state index contributed by atoms with van der Waals surface area (Å²) in [5, 5.41) is 17.8. The van der Waals surface area contributed by atoms with Gasteiger partial charge in [-0.2, -0.15) is 0 Å². The van der Waals surface area contributed by atoms with Crippen molar-refractivity contribution >= 4 is 44.7 Å². The molecule has 4 heterocycles. The zero-order valence-electron chi connectivity index (χ0n) is 23.3. The maximum Gasteiger partial charge on any atom is 0.250 e. The van der Waals surface area contributed by atoms with Crippen molar-refractivity contribution in [3.05, 3.63) is 49.6 Å². The van der Waals surface area contributed by atoms with Crippen LogP contribution in [0.4, 0.5) is 0 Å². The molecule has 1 aromatic heterocycles. The zero-order chi connectivity index (χ0) is 29.3. The van der Waals surface area contributed by atoms with Crippen molar-refractivity contribution in [3.8, 4) is 0 Å². The van der Waals surface area contributed by atoms with Gasteiger partial charge in [0.15, 0.2) is 0 Å². The highest BCUT2D eigenvalue weighted by molar-refractivity contribution is 9.09. The molecule has 3 amide bonds. The molecule has 3 fully saturated rings. The van der Waals surface area contributed by atoms with E-state index in [1.165, 1.54) is 0 Å². The van der Waals surface area contributed by atoms with E-state index in [-0.39, 0.29) is 42.4 Å². The average molecular weight is 630 g/mol. The van der Waals surface area contributed by atoms with E-state index >= 15 is 0 Å². The number of hydrogen-bond acceptors (Lipinski definition) is 7. The Labute approximate surface area is 247 Å². The second-order valence-corrected chi connectivity index (χ2v) is 12.2. The van der Waals surface area contributed by atoms with Gasteiger partial charge in [0.2, 0.25) is 17.7 Å². The summed E-state index contributed by atoms with van der Waals surface area (Å²) in [5.41, 5.74) is 0.343. The van der Waals surface area contributed by atoms with Crippen LogP contribution in [-0.4, -0.2) is 108 Å². The molecule has 41 heavy (non-hydrogen) atoms. The topological polar surface area (TPSA) is 121 Å². The molecule has 1 spiro atoms. The van der Waals surface area contributed by atoms with E-state index in [4.69, 9.17) is 4.74 Å². The van der Waals surface area contributed by atoms with Gasteiger partial charge in [0.05, 0.1) is 23.5 Å². The number of carbonyl (C=O) groups is 3. The number of amides is 3. The van der Waals surface area contributed by atoms with Crippen LogP contribution in [0.15, 0.2) is 49.6 Å². The van der Waals surface area contributed by atoms with Crippen LogP contribution in [0.1, 0.15) is 25.7 Å². The fraction of sp³-hybridized carbons (Fsp3) is 0.552. The number of aliphatic hydroxyl groups excluding tert-OH is 1. The Bertz CT molecular complexity index is 1330. The van der Waals surface area contributed by atoms with Crippen molar-refractivity contribution in [2.24, 2.45) is 11.8 Å². The van der Waals surface area contributed by atoms with Crippen LogP contribution in [0.2, 0.25) is 0 Å². The zero-order valence-corrected chi connectivity index (χ0v) is 24.9. The van der Waals surface area contributed by atoms with E-state index in [9.17, 15) is 19.5 Å². The number of aliphatic hydroxyl groups is 1. The summed E-state index contributed by atoms with van der Waals surface area (Å²) in [4.78, 5) is 47.0. The third-order valence-corrected chi connectivity index (χ3v) is 9.38. The van der Waals surface area contributed by atoms with Crippen molar-refractivity contribution in [3.63, 3.8) is 0 Å². The first kappa shape index (κ1) is 29.4. The Balaban J connectivity index is 1.52. The summed E-state index contributed by atoms with van der Waals surface area (Å²) >= 11 is 3.72. The molecule has 2 aromatic rings. The number of nitrogens with zero attached hydrogens (tertiary/aromatic N) is 6. The molecule has 1 aromatic carbocycles. The van der Waals surface area contributed by atoms with E-state index in [0.717, 1.165) is 5.52 Å². The molecule has 3 unspecified atom stereocenters. The number of alkyl halides is 1. The fourth-order valence-electron chi connectivity index (χ4n) is 6.77. The molecule has 220 valence electrons. The van der Waals surface area contributed by atoms with Gasteiger partial charge in [0.25, 0.3) is 0 Å². The summed E-state index contributed by atoms with van der Waals surface area (Å²) in [6.45, 7) is 8.66. The molecule has 0 radical (unpaired) electrons. The molecule has 11 nitrogen and oxygen atoms in total. The Morgan fingerprint density at radius 1 is 1.20 bits per heavy atom. The number of rotatable bonds is 13. The number of likely N-dealkylation sites (N-methyl/N-ethyl adjacent to an activating group) is 1. The van der Waals surface area contributed by atoms with Gasteiger partial charge in [-0.05, 0) is 37.8 Å². The van der Waals surface area contributed by atoms with Crippen LogP contribution < -0.4 is 0 Å². The van der Waals surface area contributed by atoms with Gasteiger partial charge in [-0.25, -0.2) is 4.68 Å². The number of aromatic nitrogens is 3. The van der Waals surface area contributed by atoms with Gasteiger partial charge in [0.1, 0.15) is 23.8 Å². The summed E-state index contributed by atoms with van der Waals surface area (Å²) in [7, 11) is 1.69. The van der Waals surface area contributed by atoms with Crippen molar-refractivity contribution in [1.82, 2.24) is 29.7 Å². The molecule has 3 aliphatic rings. The number of carbonyl (C=O) groups excluding carboxylic acids is 3. The Hall–Kier alpha value is -3.09. The summed E-state index contributed by atoms with van der Waals surface area (Å²) in [6.07, 6.45) is 5.12. The Kier molecular flexibility index (Phi) is 8.62. The van der Waals surface area contributed by atoms with Crippen LogP contribution in [-0.2, 0) is 25.8 Å². The lowest BCUT2D eigenvalue weighted by atomic mass is 9.70. The average Bonchev–Trinajstić information content (AvgIpc) is 3.68. The van der Waals surface area contributed by atoms with Gasteiger partial charge in [-0.15, -0.1) is 18.3 Å². The molecular weight excluding hydrogens is 592 g/mol. The monoisotopic (exact) mass is 628 g/mol. The molecule has 5 rings (SSSR count).